The lowest BCUT2D eigenvalue weighted by Crippen LogP contribution is -2.06. The Hall–Kier alpha value is -2.74. The van der Waals surface area contributed by atoms with Gasteiger partial charge in [0, 0.05) is 11.8 Å². The summed E-state index contributed by atoms with van der Waals surface area (Å²) in [4.78, 5) is 15.3. The molecule has 5 heteroatoms. The highest BCUT2D eigenvalue weighted by molar-refractivity contribution is 5.90. The standard InChI is InChI=1S/C14H9FN2O2/c1-19-14(18)11-6-7-17-13(12(11)15)10-4-2-9(8-16)3-5-10/h2-7H,1H3. The molecule has 19 heavy (non-hydrogen) atoms. The lowest BCUT2D eigenvalue weighted by molar-refractivity contribution is 0.0595. The van der Waals surface area contributed by atoms with Crippen LogP contribution in [-0.2, 0) is 4.74 Å². The third kappa shape index (κ3) is 2.43. The highest BCUT2D eigenvalue weighted by atomic mass is 19.1. The summed E-state index contributed by atoms with van der Waals surface area (Å²) in [5.41, 5.74) is 0.833. The van der Waals surface area contributed by atoms with Crippen LogP contribution in [0.4, 0.5) is 4.39 Å². The first-order valence-electron chi connectivity index (χ1n) is 5.40. The number of hydrogen-bond acceptors (Lipinski definition) is 4. The van der Waals surface area contributed by atoms with Crippen molar-refractivity contribution in [2.45, 2.75) is 0 Å². The number of halogens is 1. The van der Waals surface area contributed by atoms with Crippen LogP contribution in [0.2, 0.25) is 0 Å². The second-order valence-electron chi connectivity index (χ2n) is 3.70. The predicted molar refractivity (Wildman–Crippen MR) is 65.7 cm³/mol. The molecule has 0 N–H and O–H groups in total. The van der Waals surface area contributed by atoms with Crippen molar-refractivity contribution < 1.29 is 13.9 Å². The van der Waals surface area contributed by atoms with E-state index in [2.05, 4.69) is 9.72 Å². The highest BCUT2D eigenvalue weighted by Gasteiger charge is 2.17. The molecule has 0 radical (unpaired) electrons. The number of benzene rings is 1. The Kier molecular flexibility index (Phi) is 3.53. The summed E-state index contributed by atoms with van der Waals surface area (Å²) in [5.74, 6) is -1.49. The number of hydrogen-bond donors (Lipinski definition) is 0. The summed E-state index contributed by atoms with van der Waals surface area (Å²) in [6.07, 6.45) is 1.34. The molecule has 1 aromatic heterocycles. The molecule has 4 nitrogen and oxygen atoms in total. The van der Waals surface area contributed by atoms with Crippen LogP contribution in [0.15, 0.2) is 36.5 Å². The zero-order valence-corrected chi connectivity index (χ0v) is 10.1. The minimum Gasteiger partial charge on any atom is -0.465 e. The van der Waals surface area contributed by atoms with Crippen molar-refractivity contribution >= 4 is 5.97 Å². The number of ether oxygens (including phenoxy) is 1. The maximum atomic E-state index is 14.1. The summed E-state index contributed by atoms with van der Waals surface area (Å²) >= 11 is 0. The number of pyridine rings is 1. The van der Waals surface area contributed by atoms with Gasteiger partial charge in [0.2, 0.25) is 0 Å². The van der Waals surface area contributed by atoms with Crippen LogP contribution in [0.3, 0.4) is 0 Å². The number of aromatic nitrogens is 1. The van der Waals surface area contributed by atoms with Crippen molar-refractivity contribution in [3.05, 3.63) is 53.5 Å². The van der Waals surface area contributed by atoms with Gasteiger partial charge in [-0.2, -0.15) is 5.26 Å². The van der Waals surface area contributed by atoms with Crippen LogP contribution in [0.25, 0.3) is 11.3 Å². The molecule has 2 rings (SSSR count). The number of carbonyl (C=O) groups is 1. The average molecular weight is 256 g/mol. The van der Waals surface area contributed by atoms with Gasteiger partial charge in [0.25, 0.3) is 0 Å². The van der Waals surface area contributed by atoms with Gasteiger partial charge in [-0.25, -0.2) is 9.18 Å². The summed E-state index contributed by atoms with van der Waals surface area (Å²) in [7, 11) is 1.18. The number of nitriles is 1. The van der Waals surface area contributed by atoms with Crippen LogP contribution < -0.4 is 0 Å². The first kappa shape index (κ1) is 12.7. The topological polar surface area (TPSA) is 63.0 Å². The molecule has 0 saturated heterocycles. The fourth-order valence-corrected chi connectivity index (χ4v) is 1.62. The number of rotatable bonds is 2. The third-order valence-corrected chi connectivity index (χ3v) is 2.58. The van der Waals surface area contributed by atoms with Gasteiger partial charge in [0.05, 0.1) is 24.3 Å². The molecule has 0 amide bonds. The monoisotopic (exact) mass is 256 g/mol. The maximum Gasteiger partial charge on any atom is 0.340 e. The molecule has 0 spiro atoms. The minimum atomic E-state index is -0.755. The molecule has 0 fully saturated rings. The Balaban J connectivity index is 2.50. The smallest absolute Gasteiger partial charge is 0.340 e. The number of nitrogens with zero attached hydrogens (tertiary/aromatic N) is 2. The molecule has 0 unspecified atom stereocenters. The van der Waals surface area contributed by atoms with Gasteiger partial charge in [-0.15, -0.1) is 0 Å². The average Bonchev–Trinajstić information content (AvgIpc) is 2.47. The fraction of sp³-hybridized carbons (Fsp3) is 0.0714. The molecule has 0 aliphatic carbocycles. The molecule has 0 saturated carbocycles. The fourth-order valence-electron chi connectivity index (χ4n) is 1.62. The summed E-state index contributed by atoms with van der Waals surface area (Å²) < 4.78 is 18.6. The Morgan fingerprint density at radius 2 is 2.00 bits per heavy atom. The van der Waals surface area contributed by atoms with Gasteiger partial charge in [0.15, 0.2) is 5.82 Å². The van der Waals surface area contributed by atoms with E-state index < -0.39 is 11.8 Å². The van der Waals surface area contributed by atoms with Gasteiger partial charge in [-0.3, -0.25) is 4.98 Å². The zero-order valence-electron chi connectivity index (χ0n) is 10.1. The Morgan fingerprint density at radius 1 is 1.32 bits per heavy atom. The van der Waals surface area contributed by atoms with Crippen molar-refractivity contribution in [3.63, 3.8) is 0 Å². The molecule has 0 atom stereocenters. The SMILES string of the molecule is COC(=O)c1ccnc(-c2ccc(C#N)cc2)c1F. The summed E-state index contributed by atoms with van der Waals surface area (Å²) in [5, 5.41) is 8.70. The lowest BCUT2D eigenvalue weighted by atomic mass is 10.1. The summed E-state index contributed by atoms with van der Waals surface area (Å²) in [6, 6.07) is 9.49. The van der Waals surface area contributed by atoms with Gasteiger partial charge >= 0.3 is 5.97 Å². The van der Waals surface area contributed by atoms with E-state index in [1.54, 1.807) is 24.3 Å². The molecule has 94 valence electrons. The van der Waals surface area contributed by atoms with Crippen molar-refractivity contribution in [1.82, 2.24) is 4.98 Å². The van der Waals surface area contributed by atoms with E-state index in [0.717, 1.165) is 0 Å². The van der Waals surface area contributed by atoms with Gasteiger partial charge in [-0.05, 0) is 18.2 Å². The molecule has 1 aromatic carbocycles. The van der Waals surface area contributed by atoms with Gasteiger partial charge in [-0.1, -0.05) is 12.1 Å². The van der Waals surface area contributed by atoms with Crippen LogP contribution in [0, 0.1) is 17.1 Å². The molecule has 1 heterocycles. The van der Waals surface area contributed by atoms with E-state index in [0.29, 0.717) is 11.1 Å². The van der Waals surface area contributed by atoms with E-state index in [4.69, 9.17) is 5.26 Å². The molecular weight excluding hydrogens is 247 g/mol. The van der Waals surface area contributed by atoms with Crippen LogP contribution in [0.1, 0.15) is 15.9 Å². The molecular formula is C14H9FN2O2. The highest BCUT2D eigenvalue weighted by Crippen LogP contribution is 2.23. The lowest BCUT2D eigenvalue weighted by Gasteiger charge is -2.06. The second-order valence-corrected chi connectivity index (χ2v) is 3.70. The van der Waals surface area contributed by atoms with E-state index in [9.17, 15) is 9.18 Å². The largest absolute Gasteiger partial charge is 0.465 e. The van der Waals surface area contributed by atoms with E-state index in [1.165, 1.54) is 19.4 Å². The number of carbonyl (C=O) groups excluding carboxylic acids is 1. The number of methoxy groups -OCH3 is 1. The normalized spacial score (nSPS) is 9.74. The Morgan fingerprint density at radius 3 is 2.58 bits per heavy atom. The van der Waals surface area contributed by atoms with E-state index >= 15 is 0 Å². The maximum absolute atomic E-state index is 14.1. The van der Waals surface area contributed by atoms with Crippen LogP contribution in [0.5, 0.6) is 0 Å². The van der Waals surface area contributed by atoms with E-state index in [-0.39, 0.29) is 11.3 Å². The van der Waals surface area contributed by atoms with E-state index in [1.807, 2.05) is 6.07 Å². The third-order valence-electron chi connectivity index (χ3n) is 2.58. The summed E-state index contributed by atoms with van der Waals surface area (Å²) in [6.45, 7) is 0. The van der Waals surface area contributed by atoms with Gasteiger partial charge in [0.1, 0.15) is 5.69 Å². The van der Waals surface area contributed by atoms with Gasteiger partial charge < -0.3 is 4.74 Å². The molecule has 2 aromatic rings. The van der Waals surface area contributed by atoms with Crippen LogP contribution >= 0.6 is 0 Å². The molecule has 0 aliphatic rings. The minimum absolute atomic E-state index is 0.0485. The predicted octanol–water partition coefficient (Wildman–Crippen LogP) is 2.55. The Bertz CT molecular complexity index is 660. The van der Waals surface area contributed by atoms with Crippen molar-refractivity contribution in [2.75, 3.05) is 7.11 Å². The van der Waals surface area contributed by atoms with Crippen molar-refractivity contribution in [3.8, 4) is 17.3 Å². The first-order chi connectivity index (χ1) is 9.17. The number of esters is 1. The van der Waals surface area contributed by atoms with Crippen LogP contribution in [-0.4, -0.2) is 18.1 Å². The van der Waals surface area contributed by atoms with Crippen molar-refractivity contribution in [2.24, 2.45) is 0 Å². The second kappa shape index (κ2) is 5.27. The quantitative estimate of drug-likeness (QED) is 0.774. The molecule has 0 aliphatic heterocycles. The molecule has 0 bridgehead atoms. The zero-order chi connectivity index (χ0) is 13.8. The first-order valence-corrected chi connectivity index (χ1v) is 5.40. The van der Waals surface area contributed by atoms with Crippen molar-refractivity contribution in [1.29, 1.82) is 5.26 Å². The Labute approximate surface area is 109 Å².